The van der Waals surface area contributed by atoms with E-state index in [-0.39, 0.29) is 18.2 Å². The van der Waals surface area contributed by atoms with Crippen LogP contribution in [0.5, 0.6) is 0 Å². The third-order valence-corrected chi connectivity index (χ3v) is 5.07. The van der Waals surface area contributed by atoms with Crippen molar-refractivity contribution in [3.63, 3.8) is 0 Å². The van der Waals surface area contributed by atoms with Gasteiger partial charge in [0.25, 0.3) is 0 Å². The van der Waals surface area contributed by atoms with Gasteiger partial charge in [0.05, 0.1) is 5.56 Å². The first-order valence-electron chi connectivity index (χ1n) is 10.1. The van der Waals surface area contributed by atoms with Crippen molar-refractivity contribution in [2.24, 2.45) is 11.8 Å². The molecule has 7 heteroatoms. The van der Waals surface area contributed by atoms with Gasteiger partial charge < -0.3 is 14.7 Å². The van der Waals surface area contributed by atoms with Crippen molar-refractivity contribution in [2.45, 2.75) is 39.5 Å². The molecule has 2 heterocycles. The number of aryl methyl sites for hydroxylation is 1. The predicted octanol–water partition coefficient (Wildman–Crippen LogP) is 3.29. The van der Waals surface area contributed by atoms with Crippen LogP contribution in [0.3, 0.4) is 0 Å². The van der Waals surface area contributed by atoms with Gasteiger partial charge in [-0.15, -0.1) is 0 Å². The van der Waals surface area contributed by atoms with Crippen LogP contribution in [0.15, 0.2) is 28.8 Å². The molecule has 2 unspecified atom stereocenters. The zero-order chi connectivity index (χ0) is 19.9. The summed E-state index contributed by atoms with van der Waals surface area (Å²) in [4.78, 5) is 18.7. The number of carbonyl (C=O) groups is 1. The molecule has 2 atom stereocenters. The third-order valence-electron chi connectivity index (χ3n) is 5.07. The second-order valence-corrected chi connectivity index (χ2v) is 7.90. The quantitative estimate of drug-likeness (QED) is 0.703. The monoisotopic (exact) mass is 388 g/mol. The molecule has 1 aromatic carbocycles. The molecule has 0 radical (unpaired) electrons. The maximum absolute atomic E-state index is 13.8. The van der Waals surface area contributed by atoms with Crippen molar-refractivity contribution < 1.29 is 13.7 Å². The molecule has 0 spiro atoms. The molecular weight excluding hydrogens is 359 g/mol. The van der Waals surface area contributed by atoms with Crippen LogP contribution in [0.1, 0.15) is 39.0 Å². The third kappa shape index (κ3) is 5.86. The van der Waals surface area contributed by atoms with Crippen LogP contribution in [0.25, 0.3) is 11.4 Å². The van der Waals surface area contributed by atoms with Gasteiger partial charge in [-0.2, -0.15) is 4.98 Å². The van der Waals surface area contributed by atoms with E-state index in [9.17, 15) is 9.18 Å². The van der Waals surface area contributed by atoms with E-state index >= 15 is 0 Å². The molecule has 1 fully saturated rings. The normalized spacial score (nSPS) is 20.2. The van der Waals surface area contributed by atoms with Gasteiger partial charge in [-0.1, -0.05) is 31.1 Å². The minimum Gasteiger partial charge on any atom is -0.356 e. The topological polar surface area (TPSA) is 71.3 Å². The van der Waals surface area contributed by atoms with Crippen molar-refractivity contribution in [1.82, 2.24) is 20.4 Å². The Morgan fingerprint density at radius 2 is 2.04 bits per heavy atom. The molecule has 0 aliphatic carbocycles. The summed E-state index contributed by atoms with van der Waals surface area (Å²) in [5.41, 5.74) is 0.295. The number of carbonyl (C=O) groups excluding carboxylic acids is 1. The highest BCUT2D eigenvalue weighted by atomic mass is 19.1. The standard InChI is InChI=1S/C21H29FN4O2/c1-15-12-16(2)14-26(13-15)11-5-10-23-19(27)8-9-20-24-21(25-28-20)17-6-3-4-7-18(17)22/h3-4,6-7,15-16H,5,8-14H2,1-2H3,(H,23,27). The van der Waals surface area contributed by atoms with Crippen LogP contribution in [0.2, 0.25) is 0 Å². The Hall–Kier alpha value is -2.28. The maximum Gasteiger partial charge on any atom is 0.227 e. The summed E-state index contributed by atoms with van der Waals surface area (Å²) in [7, 11) is 0. The van der Waals surface area contributed by atoms with Gasteiger partial charge in [-0.3, -0.25) is 4.79 Å². The van der Waals surface area contributed by atoms with E-state index < -0.39 is 5.82 Å². The van der Waals surface area contributed by atoms with E-state index in [1.807, 2.05) is 0 Å². The number of benzene rings is 1. The zero-order valence-corrected chi connectivity index (χ0v) is 16.7. The summed E-state index contributed by atoms with van der Waals surface area (Å²) in [5.74, 6) is 1.61. The zero-order valence-electron chi connectivity index (χ0n) is 16.7. The number of rotatable bonds is 8. The first-order chi connectivity index (χ1) is 13.5. The summed E-state index contributed by atoms with van der Waals surface area (Å²) in [6, 6.07) is 6.27. The fourth-order valence-corrected chi connectivity index (χ4v) is 3.92. The van der Waals surface area contributed by atoms with Crippen LogP contribution in [0.4, 0.5) is 4.39 Å². The number of nitrogens with zero attached hydrogens (tertiary/aromatic N) is 3. The highest BCUT2D eigenvalue weighted by Gasteiger charge is 2.21. The number of likely N-dealkylation sites (tertiary alicyclic amines) is 1. The number of nitrogens with one attached hydrogen (secondary N) is 1. The molecule has 6 nitrogen and oxygen atoms in total. The number of hydrogen-bond acceptors (Lipinski definition) is 5. The fourth-order valence-electron chi connectivity index (χ4n) is 3.92. The van der Waals surface area contributed by atoms with Crippen LogP contribution in [-0.4, -0.2) is 47.1 Å². The second kappa shape index (κ2) is 9.78. The highest BCUT2D eigenvalue weighted by Crippen LogP contribution is 2.21. The van der Waals surface area contributed by atoms with Crippen molar-refractivity contribution in [3.8, 4) is 11.4 Å². The lowest BCUT2D eigenvalue weighted by molar-refractivity contribution is -0.121. The molecule has 1 aliphatic heterocycles. The van der Waals surface area contributed by atoms with Gasteiger partial charge in [0.1, 0.15) is 5.82 Å². The molecule has 28 heavy (non-hydrogen) atoms. The maximum atomic E-state index is 13.8. The summed E-state index contributed by atoms with van der Waals surface area (Å²) < 4.78 is 18.9. The number of hydrogen-bond donors (Lipinski definition) is 1. The smallest absolute Gasteiger partial charge is 0.227 e. The molecule has 1 saturated heterocycles. The Balaban J connectivity index is 1.35. The Morgan fingerprint density at radius 1 is 1.29 bits per heavy atom. The van der Waals surface area contributed by atoms with E-state index in [0.717, 1.165) is 37.9 Å². The number of halogens is 1. The minimum atomic E-state index is -0.398. The first-order valence-corrected chi connectivity index (χ1v) is 10.1. The van der Waals surface area contributed by atoms with Crippen LogP contribution in [0, 0.1) is 17.7 Å². The molecule has 152 valence electrons. The van der Waals surface area contributed by atoms with Crippen LogP contribution in [-0.2, 0) is 11.2 Å². The largest absolute Gasteiger partial charge is 0.356 e. The lowest BCUT2D eigenvalue weighted by Gasteiger charge is -2.34. The van der Waals surface area contributed by atoms with Gasteiger partial charge >= 0.3 is 0 Å². The Bertz CT molecular complexity index is 769. The second-order valence-electron chi connectivity index (χ2n) is 7.90. The number of piperidine rings is 1. The SMILES string of the molecule is CC1CC(C)CN(CCCNC(=O)CCc2nc(-c3ccccc3F)no2)C1. The highest BCUT2D eigenvalue weighted by molar-refractivity contribution is 5.75. The average Bonchev–Trinajstić information content (AvgIpc) is 3.12. The molecule has 1 amide bonds. The molecule has 1 aromatic heterocycles. The minimum absolute atomic E-state index is 0.0361. The first kappa shape index (κ1) is 20.5. The van der Waals surface area contributed by atoms with Crippen molar-refractivity contribution in [1.29, 1.82) is 0 Å². The fraction of sp³-hybridized carbons (Fsp3) is 0.571. The molecule has 3 rings (SSSR count). The van der Waals surface area contributed by atoms with Crippen LogP contribution >= 0.6 is 0 Å². The lowest BCUT2D eigenvalue weighted by Crippen LogP contribution is -2.40. The molecule has 0 bridgehead atoms. The molecule has 0 saturated carbocycles. The van der Waals surface area contributed by atoms with E-state index in [4.69, 9.17) is 4.52 Å². The predicted molar refractivity (Wildman–Crippen MR) is 105 cm³/mol. The average molecular weight is 388 g/mol. The van der Waals surface area contributed by atoms with E-state index in [2.05, 4.69) is 34.2 Å². The Labute approximate surface area is 165 Å². The molecule has 1 aliphatic rings. The van der Waals surface area contributed by atoms with Gasteiger partial charge in [-0.05, 0) is 43.4 Å². The van der Waals surface area contributed by atoms with Crippen molar-refractivity contribution in [3.05, 3.63) is 36.0 Å². The lowest BCUT2D eigenvalue weighted by atomic mass is 9.92. The Morgan fingerprint density at radius 3 is 2.79 bits per heavy atom. The summed E-state index contributed by atoms with van der Waals surface area (Å²) in [6.45, 7) is 8.60. The molecule has 2 aromatic rings. The molecule has 1 N–H and O–H groups in total. The van der Waals surface area contributed by atoms with E-state index in [1.165, 1.54) is 12.5 Å². The summed E-state index contributed by atoms with van der Waals surface area (Å²) in [6.07, 6.45) is 2.87. The number of aromatic nitrogens is 2. The van der Waals surface area contributed by atoms with Gasteiger partial charge in [0.2, 0.25) is 17.6 Å². The van der Waals surface area contributed by atoms with Gasteiger partial charge in [0.15, 0.2) is 0 Å². The van der Waals surface area contributed by atoms with Crippen LogP contribution < -0.4 is 5.32 Å². The van der Waals surface area contributed by atoms with Crippen molar-refractivity contribution in [2.75, 3.05) is 26.2 Å². The summed E-state index contributed by atoms with van der Waals surface area (Å²) >= 11 is 0. The summed E-state index contributed by atoms with van der Waals surface area (Å²) in [5, 5.41) is 6.75. The van der Waals surface area contributed by atoms with E-state index in [1.54, 1.807) is 18.2 Å². The van der Waals surface area contributed by atoms with E-state index in [0.29, 0.717) is 24.4 Å². The molecular formula is C21H29FN4O2. The number of amides is 1. The Kier molecular flexibility index (Phi) is 7.14. The van der Waals surface area contributed by atoms with Gasteiger partial charge in [-0.25, -0.2) is 4.39 Å². The van der Waals surface area contributed by atoms with Gasteiger partial charge in [0, 0.05) is 32.5 Å². The van der Waals surface area contributed by atoms with Crippen molar-refractivity contribution >= 4 is 5.91 Å².